The predicted molar refractivity (Wildman–Crippen MR) is 71.0 cm³/mol. The van der Waals surface area contributed by atoms with Crippen LogP contribution >= 0.6 is 11.8 Å². The molecule has 0 N–H and O–H groups in total. The molecule has 0 aromatic heterocycles. The van der Waals surface area contributed by atoms with E-state index in [0.29, 0.717) is 5.78 Å². The van der Waals surface area contributed by atoms with Crippen LogP contribution in [0.2, 0.25) is 0 Å². The fraction of sp³-hybridized carbons (Fsp3) is 0.929. The molecule has 0 aromatic carbocycles. The molecule has 0 bridgehead atoms. The maximum atomic E-state index is 11.2. The second kappa shape index (κ2) is 6.68. The van der Waals surface area contributed by atoms with E-state index in [4.69, 9.17) is 0 Å². The largest absolute Gasteiger partial charge is 0.300 e. The molecule has 0 saturated heterocycles. The van der Waals surface area contributed by atoms with Gasteiger partial charge < -0.3 is 0 Å². The van der Waals surface area contributed by atoms with Crippen LogP contribution < -0.4 is 0 Å². The molecule has 0 spiro atoms. The molecule has 2 saturated carbocycles. The van der Waals surface area contributed by atoms with Crippen LogP contribution in [0.1, 0.15) is 70.6 Å². The van der Waals surface area contributed by atoms with Gasteiger partial charge in [-0.3, -0.25) is 4.79 Å². The van der Waals surface area contributed by atoms with Crippen molar-refractivity contribution in [1.29, 1.82) is 0 Å². The van der Waals surface area contributed by atoms with Crippen molar-refractivity contribution in [2.75, 3.05) is 0 Å². The Bertz CT molecular complexity index is 209. The number of ketones is 1. The lowest BCUT2D eigenvalue weighted by Crippen LogP contribution is -2.19. The molecular formula is C14H24OS. The van der Waals surface area contributed by atoms with Crippen molar-refractivity contribution in [3.63, 3.8) is 0 Å². The molecule has 0 heterocycles. The van der Waals surface area contributed by atoms with Crippen molar-refractivity contribution < 1.29 is 4.79 Å². The molecule has 2 aliphatic rings. The monoisotopic (exact) mass is 240 g/mol. The van der Waals surface area contributed by atoms with Gasteiger partial charge in [-0.05, 0) is 25.7 Å². The first-order valence-electron chi connectivity index (χ1n) is 7.02. The number of thioether (sulfide) groups is 1. The van der Waals surface area contributed by atoms with Crippen LogP contribution in [0, 0.1) is 0 Å². The van der Waals surface area contributed by atoms with Gasteiger partial charge in [0.1, 0.15) is 5.78 Å². The Hall–Kier alpha value is 0.0200. The van der Waals surface area contributed by atoms with Gasteiger partial charge in [-0.2, -0.15) is 11.8 Å². The lowest BCUT2D eigenvalue weighted by Gasteiger charge is -2.27. The second-order valence-electron chi connectivity index (χ2n) is 5.34. The minimum Gasteiger partial charge on any atom is -0.300 e. The van der Waals surface area contributed by atoms with Gasteiger partial charge in [-0.1, -0.05) is 32.1 Å². The highest BCUT2D eigenvalue weighted by molar-refractivity contribution is 8.00. The molecule has 2 rings (SSSR count). The first-order chi connectivity index (χ1) is 7.84. The summed E-state index contributed by atoms with van der Waals surface area (Å²) < 4.78 is 0. The van der Waals surface area contributed by atoms with Crippen molar-refractivity contribution in [1.82, 2.24) is 0 Å². The van der Waals surface area contributed by atoms with E-state index in [1.54, 1.807) is 0 Å². The third-order valence-electron chi connectivity index (χ3n) is 3.93. The summed E-state index contributed by atoms with van der Waals surface area (Å²) in [7, 11) is 0. The zero-order valence-electron chi connectivity index (χ0n) is 10.2. The molecule has 0 aliphatic heterocycles. The zero-order valence-corrected chi connectivity index (χ0v) is 11.1. The number of hydrogen-bond donors (Lipinski definition) is 0. The summed E-state index contributed by atoms with van der Waals surface area (Å²) in [6.45, 7) is 0. The smallest absolute Gasteiger partial charge is 0.132 e. The molecule has 0 amide bonds. The molecule has 0 aromatic rings. The summed E-state index contributed by atoms with van der Waals surface area (Å²) in [6, 6.07) is 0. The Balaban J connectivity index is 1.72. The third-order valence-corrected chi connectivity index (χ3v) is 5.64. The number of carbonyl (C=O) groups excluding carboxylic acids is 1. The normalized spacial score (nSPS) is 26.4. The van der Waals surface area contributed by atoms with E-state index in [9.17, 15) is 4.79 Å². The predicted octanol–water partition coefficient (Wildman–Crippen LogP) is 4.34. The van der Waals surface area contributed by atoms with Crippen LogP contribution in [-0.2, 0) is 4.79 Å². The third kappa shape index (κ3) is 4.12. The van der Waals surface area contributed by atoms with Gasteiger partial charge in [0, 0.05) is 23.3 Å². The first kappa shape index (κ1) is 12.5. The van der Waals surface area contributed by atoms with Crippen LogP contribution in [0.25, 0.3) is 0 Å². The van der Waals surface area contributed by atoms with Crippen molar-refractivity contribution in [2.24, 2.45) is 0 Å². The van der Waals surface area contributed by atoms with E-state index in [0.717, 1.165) is 36.2 Å². The first-order valence-corrected chi connectivity index (χ1v) is 7.96. The number of rotatable bonds is 2. The van der Waals surface area contributed by atoms with Crippen LogP contribution in [-0.4, -0.2) is 16.3 Å². The molecule has 1 nitrogen and oxygen atoms in total. The maximum absolute atomic E-state index is 11.2. The quantitative estimate of drug-likeness (QED) is 0.714. The number of Topliss-reactive ketones (excluding diaryl/α,β-unsaturated/α-hetero) is 1. The van der Waals surface area contributed by atoms with Crippen molar-refractivity contribution in [3.8, 4) is 0 Å². The molecule has 2 aliphatic carbocycles. The van der Waals surface area contributed by atoms with Crippen molar-refractivity contribution in [2.45, 2.75) is 81.1 Å². The fourth-order valence-electron chi connectivity index (χ4n) is 2.88. The Morgan fingerprint density at radius 1 is 0.750 bits per heavy atom. The molecule has 16 heavy (non-hydrogen) atoms. The summed E-state index contributed by atoms with van der Waals surface area (Å²) in [6.07, 6.45) is 14.1. The van der Waals surface area contributed by atoms with Gasteiger partial charge in [0.15, 0.2) is 0 Å². The number of hydrogen-bond acceptors (Lipinski definition) is 2. The summed E-state index contributed by atoms with van der Waals surface area (Å²) in [4.78, 5) is 11.2. The highest BCUT2D eigenvalue weighted by Gasteiger charge is 2.22. The average Bonchev–Trinajstić information content (AvgIpc) is 2.25. The van der Waals surface area contributed by atoms with Crippen LogP contribution in [0.3, 0.4) is 0 Å². The lowest BCUT2D eigenvalue weighted by molar-refractivity contribution is -0.120. The SMILES string of the molecule is O=C1CCC(SC2CCCCCCC2)CC1. The standard InChI is InChI=1S/C14H24OS/c15-12-8-10-14(11-9-12)16-13-6-4-2-1-3-5-7-13/h13-14H,1-11H2. The van der Waals surface area contributed by atoms with Gasteiger partial charge in [-0.15, -0.1) is 0 Å². The average molecular weight is 240 g/mol. The number of carbonyl (C=O) groups is 1. The molecule has 0 radical (unpaired) electrons. The van der Waals surface area contributed by atoms with Gasteiger partial charge in [-0.25, -0.2) is 0 Å². The summed E-state index contributed by atoms with van der Waals surface area (Å²) >= 11 is 2.21. The van der Waals surface area contributed by atoms with E-state index in [1.165, 1.54) is 44.9 Å². The van der Waals surface area contributed by atoms with E-state index in [-0.39, 0.29) is 0 Å². The van der Waals surface area contributed by atoms with Crippen molar-refractivity contribution >= 4 is 17.5 Å². The van der Waals surface area contributed by atoms with E-state index in [2.05, 4.69) is 11.8 Å². The molecule has 0 unspecified atom stereocenters. The highest BCUT2D eigenvalue weighted by Crippen LogP contribution is 2.35. The minimum atomic E-state index is 0.495. The van der Waals surface area contributed by atoms with Gasteiger partial charge in [0.05, 0.1) is 0 Å². The van der Waals surface area contributed by atoms with Crippen LogP contribution in [0.5, 0.6) is 0 Å². The minimum absolute atomic E-state index is 0.495. The summed E-state index contributed by atoms with van der Waals surface area (Å²) in [5, 5.41) is 1.70. The molecule has 0 atom stereocenters. The van der Waals surface area contributed by atoms with Gasteiger partial charge in [0.25, 0.3) is 0 Å². The highest BCUT2D eigenvalue weighted by atomic mass is 32.2. The summed E-state index contributed by atoms with van der Waals surface area (Å²) in [5.74, 6) is 0.495. The Kier molecular flexibility index (Phi) is 5.21. The second-order valence-corrected chi connectivity index (χ2v) is 6.95. The van der Waals surface area contributed by atoms with E-state index < -0.39 is 0 Å². The van der Waals surface area contributed by atoms with Gasteiger partial charge in [0.2, 0.25) is 0 Å². The summed E-state index contributed by atoms with van der Waals surface area (Å²) in [5.41, 5.74) is 0. The Labute approximate surface area is 104 Å². The molecular weight excluding hydrogens is 216 g/mol. The Morgan fingerprint density at radius 3 is 1.88 bits per heavy atom. The molecule has 2 heteroatoms. The Morgan fingerprint density at radius 2 is 1.25 bits per heavy atom. The molecule has 2 fully saturated rings. The zero-order chi connectivity index (χ0) is 11.2. The van der Waals surface area contributed by atoms with Crippen molar-refractivity contribution in [3.05, 3.63) is 0 Å². The maximum Gasteiger partial charge on any atom is 0.132 e. The molecule has 92 valence electrons. The van der Waals surface area contributed by atoms with Crippen LogP contribution in [0.15, 0.2) is 0 Å². The van der Waals surface area contributed by atoms with Crippen LogP contribution in [0.4, 0.5) is 0 Å². The lowest BCUT2D eigenvalue weighted by atomic mass is 9.99. The fourth-order valence-corrected chi connectivity index (χ4v) is 4.53. The van der Waals surface area contributed by atoms with E-state index in [1.807, 2.05) is 0 Å². The van der Waals surface area contributed by atoms with E-state index >= 15 is 0 Å². The topological polar surface area (TPSA) is 17.1 Å². The van der Waals surface area contributed by atoms with Gasteiger partial charge >= 0.3 is 0 Å².